The van der Waals surface area contributed by atoms with Gasteiger partial charge < -0.3 is 14.8 Å². The van der Waals surface area contributed by atoms with E-state index in [1.807, 2.05) is 6.92 Å². The van der Waals surface area contributed by atoms with Crippen molar-refractivity contribution in [3.8, 4) is 0 Å². The van der Waals surface area contributed by atoms with E-state index in [1.165, 1.54) is 0 Å². The van der Waals surface area contributed by atoms with Crippen LogP contribution in [0.4, 0.5) is 0 Å². The number of hydrogen-bond donors (Lipinski definition) is 1. The molecule has 1 aliphatic rings. The van der Waals surface area contributed by atoms with E-state index >= 15 is 0 Å². The molecule has 1 amide bonds. The molecule has 106 valence electrons. The van der Waals surface area contributed by atoms with Crippen LogP contribution in [-0.4, -0.2) is 36.3 Å². The number of thiazole rings is 1. The number of aromatic nitrogens is 1. The van der Waals surface area contributed by atoms with Crippen LogP contribution in [0.15, 0.2) is 6.20 Å². The number of rotatable bonds is 6. The van der Waals surface area contributed by atoms with Crippen LogP contribution in [0.2, 0.25) is 0 Å². The molecular formula is C13H20N2O3S. The van der Waals surface area contributed by atoms with Crippen LogP contribution in [0.1, 0.15) is 29.7 Å². The molecule has 1 aliphatic heterocycles. The number of carbonyl (C=O) groups is 1. The summed E-state index contributed by atoms with van der Waals surface area (Å²) in [6.07, 6.45) is 3.60. The first-order valence-electron chi connectivity index (χ1n) is 6.57. The normalized spacial score (nSPS) is 20.4. The number of amides is 1. The molecule has 2 atom stereocenters. The molecule has 6 heteroatoms. The summed E-state index contributed by atoms with van der Waals surface area (Å²) in [5, 5.41) is 3.86. The summed E-state index contributed by atoms with van der Waals surface area (Å²) in [5.41, 5.74) is 0. The van der Waals surface area contributed by atoms with Crippen molar-refractivity contribution in [1.82, 2.24) is 10.3 Å². The summed E-state index contributed by atoms with van der Waals surface area (Å²) in [5.74, 6) is -0.0935. The molecule has 19 heavy (non-hydrogen) atoms. The molecule has 1 N–H and O–H groups in total. The fraction of sp³-hybridized carbons (Fsp3) is 0.692. The molecular weight excluding hydrogens is 264 g/mol. The van der Waals surface area contributed by atoms with Crippen molar-refractivity contribution >= 4 is 17.2 Å². The Morgan fingerprint density at radius 2 is 2.58 bits per heavy atom. The fourth-order valence-corrected chi connectivity index (χ4v) is 2.64. The minimum Gasteiger partial charge on any atom is -0.376 e. The van der Waals surface area contributed by atoms with Gasteiger partial charge in [-0.25, -0.2) is 4.98 Å². The molecule has 1 aromatic rings. The zero-order valence-electron chi connectivity index (χ0n) is 11.3. The lowest BCUT2D eigenvalue weighted by Gasteiger charge is -2.15. The molecule has 0 aromatic carbocycles. The number of hydrogen-bond acceptors (Lipinski definition) is 5. The third-order valence-corrected chi connectivity index (χ3v) is 3.94. The lowest BCUT2D eigenvalue weighted by molar-refractivity contribution is -0.133. The van der Waals surface area contributed by atoms with Gasteiger partial charge in [-0.05, 0) is 26.7 Å². The largest absolute Gasteiger partial charge is 0.376 e. The Morgan fingerprint density at radius 3 is 3.21 bits per heavy atom. The number of ether oxygens (including phenoxy) is 2. The number of nitrogens with one attached hydrogen (secondary N) is 1. The molecule has 1 aromatic heterocycles. The smallest absolute Gasteiger partial charge is 0.249 e. The first kappa shape index (κ1) is 14.4. The second-order valence-electron chi connectivity index (χ2n) is 4.67. The average Bonchev–Trinajstić information content (AvgIpc) is 3.04. The van der Waals surface area contributed by atoms with E-state index in [-0.39, 0.29) is 12.0 Å². The summed E-state index contributed by atoms with van der Waals surface area (Å²) in [4.78, 5) is 17.0. The van der Waals surface area contributed by atoms with E-state index in [4.69, 9.17) is 9.47 Å². The van der Waals surface area contributed by atoms with E-state index in [0.29, 0.717) is 13.2 Å². The first-order chi connectivity index (χ1) is 9.15. The third kappa shape index (κ3) is 4.56. The maximum absolute atomic E-state index is 11.8. The number of carbonyl (C=O) groups excluding carboxylic acids is 1. The molecule has 2 heterocycles. The monoisotopic (exact) mass is 284 g/mol. The molecule has 0 aliphatic carbocycles. The van der Waals surface area contributed by atoms with Crippen LogP contribution in [0, 0.1) is 6.92 Å². The van der Waals surface area contributed by atoms with Gasteiger partial charge in [-0.1, -0.05) is 0 Å². The van der Waals surface area contributed by atoms with E-state index < -0.39 is 6.10 Å². The van der Waals surface area contributed by atoms with Gasteiger partial charge in [-0.2, -0.15) is 0 Å². The Balaban J connectivity index is 1.66. The van der Waals surface area contributed by atoms with Gasteiger partial charge in [0.2, 0.25) is 5.91 Å². The van der Waals surface area contributed by atoms with Gasteiger partial charge in [0.25, 0.3) is 0 Å². The second kappa shape index (κ2) is 6.98. The molecule has 5 nitrogen and oxygen atoms in total. The highest BCUT2D eigenvalue weighted by molar-refractivity contribution is 7.11. The predicted molar refractivity (Wildman–Crippen MR) is 73.1 cm³/mol. The van der Waals surface area contributed by atoms with Crippen LogP contribution in [0.25, 0.3) is 0 Å². The Hall–Kier alpha value is -0.980. The summed E-state index contributed by atoms with van der Waals surface area (Å²) < 4.78 is 11.0. The van der Waals surface area contributed by atoms with Crippen molar-refractivity contribution in [1.29, 1.82) is 0 Å². The van der Waals surface area contributed by atoms with Gasteiger partial charge in [0.05, 0.1) is 24.3 Å². The molecule has 0 spiro atoms. The van der Waals surface area contributed by atoms with Gasteiger partial charge in [0.1, 0.15) is 6.10 Å². The van der Waals surface area contributed by atoms with E-state index in [0.717, 1.165) is 29.3 Å². The maximum atomic E-state index is 11.8. The average molecular weight is 284 g/mol. The highest BCUT2D eigenvalue weighted by Crippen LogP contribution is 2.13. The minimum atomic E-state index is -0.446. The summed E-state index contributed by atoms with van der Waals surface area (Å²) in [6, 6.07) is 0. The Morgan fingerprint density at radius 1 is 1.74 bits per heavy atom. The molecule has 0 saturated carbocycles. The summed E-state index contributed by atoms with van der Waals surface area (Å²) in [7, 11) is 0. The lowest BCUT2D eigenvalue weighted by atomic mass is 10.2. The summed E-state index contributed by atoms with van der Waals surface area (Å²) in [6.45, 7) is 5.52. The lowest BCUT2D eigenvalue weighted by Crippen LogP contribution is -2.35. The molecule has 2 rings (SSSR count). The molecule has 1 fully saturated rings. The van der Waals surface area contributed by atoms with Gasteiger partial charge >= 0.3 is 0 Å². The van der Waals surface area contributed by atoms with E-state index in [9.17, 15) is 4.79 Å². The predicted octanol–water partition coefficient (Wildman–Crippen LogP) is 1.65. The van der Waals surface area contributed by atoms with Crippen molar-refractivity contribution in [2.45, 2.75) is 45.4 Å². The topological polar surface area (TPSA) is 60.5 Å². The standard InChI is InChI=1S/C13H20N2O3S/c1-9(18-8-11-4-3-5-17-11)13(16)15-7-12-6-14-10(2)19-12/h6,9,11H,3-5,7-8H2,1-2H3,(H,15,16). The Labute approximate surface area is 117 Å². The van der Waals surface area contributed by atoms with Crippen molar-refractivity contribution in [2.75, 3.05) is 13.2 Å². The second-order valence-corrected chi connectivity index (χ2v) is 5.99. The molecule has 0 radical (unpaired) electrons. The summed E-state index contributed by atoms with van der Waals surface area (Å²) >= 11 is 1.59. The van der Waals surface area contributed by atoms with Gasteiger partial charge in [-0.3, -0.25) is 4.79 Å². The van der Waals surface area contributed by atoms with Crippen molar-refractivity contribution in [3.05, 3.63) is 16.1 Å². The quantitative estimate of drug-likeness (QED) is 0.863. The molecule has 0 bridgehead atoms. The van der Waals surface area contributed by atoms with Crippen LogP contribution in [0.5, 0.6) is 0 Å². The maximum Gasteiger partial charge on any atom is 0.249 e. The van der Waals surface area contributed by atoms with E-state index in [2.05, 4.69) is 10.3 Å². The SMILES string of the molecule is Cc1ncc(CNC(=O)C(C)OCC2CCCO2)s1. The molecule has 1 saturated heterocycles. The third-order valence-electron chi connectivity index (χ3n) is 3.03. The number of aryl methyl sites for hydroxylation is 1. The first-order valence-corrected chi connectivity index (χ1v) is 7.39. The Kier molecular flexibility index (Phi) is 5.30. The molecule has 2 unspecified atom stereocenters. The minimum absolute atomic E-state index is 0.0935. The van der Waals surface area contributed by atoms with Crippen molar-refractivity contribution in [3.63, 3.8) is 0 Å². The van der Waals surface area contributed by atoms with Crippen molar-refractivity contribution < 1.29 is 14.3 Å². The van der Waals surface area contributed by atoms with Crippen LogP contribution in [-0.2, 0) is 20.8 Å². The van der Waals surface area contributed by atoms with Gasteiger partial charge in [0, 0.05) is 17.7 Å². The van der Waals surface area contributed by atoms with Gasteiger partial charge in [-0.15, -0.1) is 11.3 Å². The highest BCUT2D eigenvalue weighted by atomic mass is 32.1. The highest BCUT2D eigenvalue weighted by Gasteiger charge is 2.19. The zero-order valence-corrected chi connectivity index (χ0v) is 12.2. The van der Waals surface area contributed by atoms with Gasteiger partial charge in [0.15, 0.2) is 0 Å². The zero-order chi connectivity index (χ0) is 13.7. The van der Waals surface area contributed by atoms with Crippen LogP contribution < -0.4 is 5.32 Å². The van der Waals surface area contributed by atoms with Crippen LogP contribution >= 0.6 is 11.3 Å². The van der Waals surface area contributed by atoms with E-state index in [1.54, 1.807) is 24.5 Å². The van der Waals surface area contributed by atoms with Crippen LogP contribution in [0.3, 0.4) is 0 Å². The Bertz CT molecular complexity index is 416. The number of nitrogens with zero attached hydrogens (tertiary/aromatic N) is 1. The van der Waals surface area contributed by atoms with Crippen molar-refractivity contribution in [2.24, 2.45) is 0 Å². The fourth-order valence-electron chi connectivity index (χ4n) is 1.91.